The number of likely N-dealkylation sites (N-methyl/N-ethyl adjacent to an activating group) is 1. The predicted molar refractivity (Wildman–Crippen MR) is 111 cm³/mol. The molecule has 0 saturated carbocycles. The van der Waals surface area contributed by atoms with Gasteiger partial charge in [0.25, 0.3) is 5.91 Å². The lowest BCUT2D eigenvalue weighted by atomic mass is 10.1. The monoisotopic (exact) mass is 386 g/mol. The highest BCUT2D eigenvalue weighted by Crippen LogP contribution is 2.26. The van der Waals surface area contributed by atoms with Gasteiger partial charge in [-0.05, 0) is 43.3 Å². The van der Waals surface area contributed by atoms with Crippen LogP contribution in [-0.2, 0) is 6.42 Å². The summed E-state index contributed by atoms with van der Waals surface area (Å²) in [7, 11) is 1.79. The lowest BCUT2D eigenvalue weighted by Crippen LogP contribution is -2.29. The SMILES string of the molecule is Cc1ccc(-c2nn(-c3ccccc3)cc2C(=O)N(C)CCc2ccccn2)o1. The number of amides is 1. The van der Waals surface area contributed by atoms with Gasteiger partial charge >= 0.3 is 0 Å². The second-order valence-corrected chi connectivity index (χ2v) is 6.88. The van der Waals surface area contributed by atoms with E-state index in [1.165, 1.54) is 0 Å². The average Bonchev–Trinajstić information content (AvgIpc) is 3.39. The van der Waals surface area contributed by atoms with Crippen LogP contribution in [0.25, 0.3) is 17.1 Å². The summed E-state index contributed by atoms with van der Waals surface area (Å²) in [5.41, 5.74) is 2.88. The molecule has 4 rings (SSSR count). The molecule has 0 aliphatic carbocycles. The summed E-state index contributed by atoms with van der Waals surface area (Å²) >= 11 is 0. The van der Waals surface area contributed by atoms with Gasteiger partial charge in [0, 0.05) is 38.1 Å². The Morgan fingerprint density at radius 3 is 2.55 bits per heavy atom. The van der Waals surface area contributed by atoms with E-state index in [0.717, 1.165) is 17.1 Å². The number of hydrogen-bond acceptors (Lipinski definition) is 4. The van der Waals surface area contributed by atoms with Gasteiger partial charge in [0.15, 0.2) is 5.76 Å². The van der Waals surface area contributed by atoms with Crippen LogP contribution in [0.3, 0.4) is 0 Å². The van der Waals surface area contributed by atoms with Crippen LogP contribution in [0.2, 0.25) is 0 Å². The number of pyridine rings is 1. The van der Waals surface area contributed by atoms with Crippen molar-refractivity contribution in [3.63, 3.8) is 0 Å². The summed E-state index contributed by atoms with van der Waals surface area (Å²) in [4.78, 5) is 19.2. The maximum Gasteiger partial charge on any atom is 0.257 e. The Morgan fingerprint density at radius 2 is 1.86 bits per heavy atom. The number of hydrogen-bond donors (Lipinski definition) is 0. The van der Waals surface area contributed by atoms with Gasteiger partial charge in [0.1, 0.15) is 11.5 Å². The quantitative estimate of drug-likeness (QED) is 0.499. The standard InChI is InChI=1S/C23H22N4O2/c1-17-11-12-21(29-17)22-20(16-27(25-22)19-9-4-3-5-10-19)23(28)26(2)15-13-18-8-6-7-14-24-18/h3-12,14,16H,13,15H2,1-2H3. The van der Waals surface area contributed by atoms with Crippen molar-refractivity contribution in [2.24, 2.45) is 0 Å². The molecule has 4 aromatic rings. The van der Waals surface area contributed by atoms with Gasteiger partial charge in [-0.25, -0.2) is 4.68 Å². The van der Waals surface area contributed by atoms with Crippen LogP contribution in [0.15, 0.2) is 77.5 Å². The molecule has 0 saturated heterocycles. The number of benzene rings is 1. The number of aryl methyl sites for hydroxylation is 1. The van der Waals surface area contributed by atoms with Crippen molar-refractivity contribution < 1.29 is 9.21 Å². The molecule has 1 amide bonds. The zero-order valence-electron chi connectivity index (χ0n) is 16.4. The van der Waals surface area contributed by atoms with Crippen molar-refractivity contribution in [2.75, 3.05) is 13.6 Å². The van der Waals surface area contributed by atoms with Crippen LogP contribution in [0, 0.1) is 6.92 Å². The fraction of sp³-hybridized carbons (Fsp3) is 0.174. The Morgan fingerprint density at radius 1 is 1.07 bits per heavy atom. The highest BCUT2D eigenvalue weighted by atomic mass is 16.3. The zero-order chi connectivity index (χ0) is 20.2. The van der Waals surface area contributed by atoms with Crippen LogP contribution in [0.1, 0.15) is 21.8 Å². The Balaban J connectivity index is 1.64. The number of para-hydroxylation sites is 1. The summed E-state index contributed by atoms with van der Waals surface area (Å²) in [6.45, 7) is 2.43. The third kappa shape index (κ3) is 4.11. The Hall–Kier alpha value is -3.67. The highest BCUT2D eigenvalue weighted by molar-refractivity contribution is 5.99. The zero-order valence-corrected chi connectivity index (χ0v) is 16.4. The number of nitrogens with zero attached hydrogens (tertiary/aromatic N) is 4. The van der Waals surface area contributed by atoms with E-state index in [-0.39, 0.29) is 5.91 Å². The minimum absolute atomic E-state index is 0.104. The molecule has 0 aliphatic heterocycles. The fourth-order valence-corrected chi connectivity index (χ4v) is 3.12. The second-order valence-electron chi connectivity index (χ2n) is 6.88. The highest BCUT2D eigenvalue weighted by Gasteiger charge is 2.23. The van der Waals surface area contributed by atoms with E-state index < -0.39 is 0 Å². The van der Waals surface area contributed by atoms with E-state index >= 15 is 0 Å². The normalized spacial score (nSPS) is 10.8. The first-order valence-electron chi connectivity index (χ1n) is 9.49. The van der Waals surface area contributed by atoms with Gasteiger partial charge in [0.05, 0.1) is 11.3 Å². The molecule has 0 radical (unpaired) electrons. The summed E-state index contributed by atoms with van der Waals surface area (Å²) in [5, 5.41) is 4.65. The second kappa shape index (κ2) is 8.14. The number of carbonyl (C=O) groups excluding carboxylic acids is 1. The van der Waals surface area contributed by atoms with Crippen molar-refractivity contribution in [1.29, 1.82) is 0 Å². The first-order chi connectivity index (χ1) is 14.1. The molecule has 0 atom stereocenters. The maximum atomic E-state index is 13.2. The van der Waals surface area contributed by atoms with Crippen molar-refractivity contribution in [3.8, 4) is 17.1 Å². The van der Waals surface area contributed by atoms with Gasteiger partial charge in [0.2, 0.25) is 0 Å². The first kappa shape index (κ1) is 18.7. The molecule has 3 heterocycles. The molecule has 3 aromatic heterocycles. The van der Waals surface area contributed by atoms with Crippen molar-refractivity contribution in [1.82, 2.24) is 19.7 Å². The van der Waals surface area contributed by atoms with Crippen LogP contribution < -0.4 is 0 Å². The van der Waals surface area contributed by atoms with Gasteiger partial charge in [-0.2, -0.15) is 5.10 Å². The molecule has 1 aromatic carbocycles. The lowest BCUT2D eigenvalue weighted by molar-refractivity contribution is 0.0797. The fourth-order valence-electron chi connectivity index (χ4n) is 3.12. The molecule has 0 unspecified atom stereocenters. The Labute approximate surface area is 169 Å². The molecule has 0 N–H and O–H groups in total. The minimum Gasteiger partial charge on any atom is -0.460 e. The van der Waals surface area contributed by atoms with Crippen molar-refractivity contribution in [3.05, 3.63) is 90.1 Å². The van der Waals surface area contributed by atoms with Crippen LogP contribution in [-0.4, -0.2) is 39.2 Å². The minimum atomic E-state index is -0.104. The molecule has 0 bridgehead atoms. The van der Waals surface area contributed by atoms with Gasteiger partial charge < -0.3 is 9.32 Å². The third-order valence-corrected chi connectivity index (χ3v) is 4.72. The van der Waals surface area contributed by atoms with E-state index in [4.69, 9.17) is 4.42 Å². The van der Waals surface area contributed by atoms with E-state index in [1.807, 2.05) is 67.6 Å². The van der Waals surface area contributed by atoms with Gasteiger partial charge in [-0.3, -0.25) is 9.78 Å². The summed E-state index contributed by atoms with van der Waals surface area (Å²) in [6, 6.07) is 19.2. The topological polar surface area (TPSA) is 64.2 Å². The molecule has 0 spiro atoms. The van der Waals surface area contributed by atoms with Gasteiger partial charge in [-0.1, -0.05) is 24.3 Å². The largest absolute Gasteiger partial charge is 0.460 e. The van der Waals surface area contributed by atoms with Crippen LogP contribution in [0.5, 0.6) is 0 Å². The summed E-state index contributed by atoms with van der Waals surface area (Å²) in [6.07, 6.45) is 4.21. The molecular formula is C23H22N4O2. The number of aromatic nitrogens is 3. The van der Waals surface area contributed by atoms with Crippen LogP contribution >= 0.6 is 0 Å². The van der Waals surface area contributed by atoms with E-state index in [2.05, 4.69) is 10.1 Å². The Kier molecular flexibility index (Phi) is 5.24. The molecule has 0 fully saturated rings. The predicted octanol–water partition coefficient (Wildman–Crippen LogP) is 4.15. The van der Waals surface area contributed by atoms with E-state index in [0.29, 0.717) is 30.0 Å². The molecule has 6 nitrogen and oxygen atoms in total. The summed E-state index contributed by atoms with van der Waals surface area (Å²) in [5.74, 6) is 1.25. The molecule has 6 heteroatoms. The average molecular weight is 386 g/mol. The van der Waals surface area contributed by atoms with E-state index in [1.54, 1.807) is 29.0 Å². The molecule has 0 aliphatic rings. The van der Waals surface area contributed by atoms with Crippen molar-refractivity contribution >= 4 is 5.91 Å². The third-order valence-electron chi connectivity index (χ3n) is 4.72. The van der Waals surface area contributed by atoms with Gasteiger partial charge in [-0.15, -0.1) is 0 Å². The molecule has 29 heavy (non-hydrogen) atoms. The molecule has 146 valence electrons. The first-order valence-corrected chi connectivity index (χ1v) is 9.49. The van der Waals surface area contributed by atoms with E-state index in [9.17, 15) is 4.79 Å². The number of carbonyl (C=O) groups is 1. The summed E-state index contributed by atoms with van der Waals surface area (Å²) < 4.78 is 7.48. The molecular weight excluding hydrogens is 364 g/mol. The lowest BCUT2D eigenvalue weighted by Gasteiger charge is -2.16. The van der Waals surface area contributed by atoms with Crippen molar-refractivity contribution in [2.45, 2.75) is 13.3 Å². The number of rotatable bonds is 6. The maximum absolute atomic E-state index is 13.2. The number of furan rings is 1. The smallest absolute Gasteiger partial charge is 0.257 e. The van der Waals surface area contributed by atoms with Crippen LogP contribution in [0.4, 0.5) is 0 Å². The Bertz CT molecular complexity index is 1100.